The van der Waals surface area contributed by atoms with E-state index >= 15 is 0 Å². The lowest BCUT2D eigenvalue weighted by Crippen LogP contribution is -2.43. The maximum atomic E-state index is 12.4. The fourth-order valence-corrected chi connectivity index (χ4v) is 4.36. The molecule has 3 rings (SSSR count). The summed E-state index contributed by atoms with van der Waals surface area (Å²) in [6.45, 7) is 4.07. The lowest BCUT2D eigenvalue weighted by atomic mass is 9.84. The zero-order valence-corrected chi connectivity index (χ0v) is 14.5. The van der Waals surface area contributed by atoms with E-state index in [9.17, 15) is 14.7 Å². The molecule has 0 aliphatic carbocycles. The Morgan fingerprint density at radius 1 is 1.12 bits per heavy atom. The van der Waals surface area contributed by atoms with E-state index in [1.54, 1.807) is 0 Å². The third-order valence-corrected chi connectivity index (χ3v) is 5.81. The maximum absolute atomic E-state index is 12.4. The van der Waals surface area contributed by atoms with Crippen LogP contribution in [0.25, 0.3) is 0 Å². The smallest absolute Gasteiger partial charge is 0.309 e. The molecule has 0 radical (unpaired) electrons. The Labute approximate surface area is 143 Å². The molecule has 3 saturated heterocycles. The van der Waals surface area contributed by atoms with Crippen LogP contribution < -0.4 is 0 Å². The van der Waals surface area contributed by atoms with E-state index in [1.807, 2.05) is 4.90 Å². The van der Waals surface area contributed by atoms with Crippen LogP contribution in [0.4, 0.5) is 0 Å². The van der Waals surface area contributed by atoms with Crippen molar-refractivity contribution in [1.29, 1.82) is 0 Å². The van der Waals surface area contributed by atoms with Crippen LogP contribution in [-0.4, -0.2) is 59.9 Å². The standard InChI is InChI=1S/C18H29NO5/c1-12-2-3-14(24-12)4-5-16(20)19-9-6-13(7-10-19)17-15(18(21)22)8-11-23-17/h12-15,17H,2-11H2,1H3,(H,21,22)/t12?,14?,15?,17-/m0/s1. The van der Waals surface area contributed by atoms with Crippen LogP contribution in [0, 0.1) is 11.8 Å². The lowest BCUT2D eigenvalue weighted by molar-refractivity contribution is -0.146. The molecule has 3 fully saturated rings. The number of carbonyl (C=O) groups excluding carboxylic acids is 1. The first-order chi connectivity index (χ1) is 11.5. The molecule has 1 N–H and O–H groups in total. The number of likely N-dealkylation sites (tertiary alicyclic amines) is 1. The van der Waals surface area contributed by atoms with Crippen LogP contribution in [0.5, 0.6) is 0 Å². The molecule has 3 unspecified atom stereocenters. The van der Waals surface area contributed by atoms with Gasteiger partial charge in [-0.05, 0) is 51.4 Å². The van der Waals surface area contributed by atoms with Gasteiger partial charge in [0.25, 0.3) is 0 Å². The van der Waals surface area contributed by atoms with Crippen molar-refractivity contribution >= 4 is 11.9 Å². The van der Waals surface area contributed by atoms with Crippen molar-refractivity contribution in [1.82, 2.24) is 4.90 Å². The summed E-state index contributed by atoms with van der Waals surface area (Å²) >= 11 is 0. The van der Waals surface area contributed by atoms with Gasteiger partial charge in [0.1, 0.15) is 0 Å². The van der Waals surface area contributed by atoms with E-state index in [1.165, 1.54) is 0 Å². The highest BCUT2D eigenvalue weighted by Gasteiger charge is 2.40. The summed E-state index contributed by atoms with van der Waals surface area (Å²) < 4.78 is 11.5. The first-order valence-corrected chi connectivity index (χ1v) is 9.32. The van der Waals surface area contributed by atoms with E-state index in [0.717, 1.165) is 45.2 Å². The molecule has 24 heavy (non-hydrogen) atoms. The molecule has 3 aliphatic heterocycles. The molecule has 136 valence electrons. The van der Waals surface area contributed by atoms with E-state index < -0.39 is 5.97 Å². The van der Waals surface area contributed by atoms with Crippen molar-refractivity contribution < 1.29 is 24.2 Å². The summed E-state index contributed by atoms with van der Waals surface area (Å²) in [6.07, 6.45) is 6.22. The maximum Gasteiger partial charge on any atom is 0.309 e. The number of ether oxygens (including phenoxy) is 2. The Morgan fingerprint density at radius 3 is 2.50 bits per heavy atom. The quantitative estimate of drug-likeness (QED) is 0.830. The summed E-state index contributed by atoms with van der Waals surface area (Å²) in [7, 11) is 0. The minimum Gasteiger partial charge on any atom is -0.481 e. The number of hydrogen-bond acceptors (Lipinski definition) is 4. The number of carboxylic acids is 1. The van der Waals surface area contributed by atoms with E-state index in [0.29, 0.717) is 25.6 Å². The van der Waals surface area contributed by atoms with Crippen LogP contribution in [-0.2, 0) is 19.1 Å². The monoisotopic (exact) mass is 339 g/mol. The molecule has 0 saturated carbocycles. The zero-order valence-electron chi connectivity index (χ0n) is 14.5. The number of rotatable bonds is 5. The number of carbonyl (C=O) groups is 2. The van der Waals surface area contributed by atoms with E-state index in [-0.39, 0.29) is 30.0 Å². The molecule has 6 heteroatoms. The first kappa shape index (κ1) is 17.7. The van der Waals surface area contributed by atoms with Gasteiger partial charge < -0.3 is 19.5 Å². The molecule has 0 spiro atoms. The van der Waals surface area contributed by atoms with Gasteiger partial charge in [0.2, 0.25) is 5.91 Å². The van der Waals surface area contributed by atoms with Crippen molar-refractivity contribution in [2.45, 2.75) is 70.2 Å². The van der Waals surface area contributed by atoms with Crippen molar-refractivity contribution in [2.75, 3.05) is 19.7 Å². The van der Waals surface area contributed by atoms with Crippen molar-refractivity contribution in [3.63, 3.8) is 0 Å². The molecule has 0 bridgehead atoms. The summed E-state index contributed by atoms with van der Waals surface area (Å²) in [5.74, 6) is -0.657. The van der Waals surface area contributed by atoms with Gasteiger partial charge in [-0.25, -0.2) is 0 Å². The molecular weight excluding hydrogens is 310 g/mol. The van der Waals surface area contributed by atoms with Gasteiger partial charge in [-0.15, -0.1) is 0 Å². The second kappa shape index (κ2) is 7.83. The fraction of sp³-hybridized carbons (Fsp3) is 0.889. The van der Waals surface area contributed by atoms with Gasteiger partial charge in [0.15, 0.2) is 0 Å². The number of piperidine rings is 1. The van der Waals surface area contributed by atoms with Crippen LogP contribution >= 0.6 is 0 Å². The topological polar surface area (TPSA) is 76.1 Å². The number of amides is 1. The average Bonchev–Trinajstić information content (AvgIpc) is 3.21. The third kappa shape index (κ3) is 4.09. The molecule has 1 amide bonds. The predicted octanol–water partition coefficient (Wildman–Crippen LogP) is 2.06. The number of nitrogens with zero attached hydrogens (tertiary/aromatic N) is 1. The summed E-state index contributed by atoms with van der Waals surface area (Å²) in [4.78, 5) is 25.6. The van der Waals surface area contributed by atoms with Gasteiger partial charge in [-0.3, -0.25) is 9.59 Å². The Kier molecular flexibility index (Phi) is 5.76. The molecule has 3 heterocycles. The molecule has 0 aromatic carbocycles. The minimum absolute atomic E-state index is 0.173. The number of hydrogen-bond donors (Lipinski definition) is 1. The molecule has 4 atom stereocenters. The molecule has 3 aliphatic rings. The highest BCUT2D eigenvalue weighted by Crippen LogP contribution is 2.33. The fourth-order valence-electron chi connectivity index (χ4n) is 4.36. The highest BCUT2D eigenvalue weighted by molar-refractivity contribution is 5.76. The van der Waals surface area contributed by atoms with Crippen molar-refractivity contribution in [2.24, 2.45) is 11.8 Å². The lowest BCUT2D eigenvalue weighted by Gasteiger charge is -2.35. The Morgan fingerprint density at radius 2 is 1.88 bits per heavy atom. The summed E-state index contributed by atoms with van der Waals surface area (Å²) in [6, 6.07) is 0. The first-order valence-electron chi connectivity index (χ1n) is 9.32. The number of aliphatic carboxylic acids is 1. The van der Waals surface area contributed by atoms with Crippen LogP contribution in [0.2, 0.25) is 0 Å². The third-order valence-electron chi connectivity index (χ3n) is 5.81. The summed E-state index contributed by atoms with van der Waals surface area (Å²) in [5.41, 5.74) is 0. The van der Waals surface area contributed by atoms with E-state index in [4.69, 9.17) is 9.47 Å². The summed E-state index contributed by atoms with van der Waals surface area (Å²) in [5, 5.41) is 9.29. The van der Waals surface area contributed by atoms with Gasteiger partial charge in [-0.2, -0.15) is 0 Å². The largest absolute Gasteiger partial charge is 0.481 e. The molecular formula is C18H29NO5. The predicted molar refractivity (Wildman–Crippen MR) is 87.6 cm³/mol. The van der Waals surface area contributed by atoms with Gasteiger partial charge in [-0.1, -0.05) is 0 Å². The highest BCUT2D eigenvalue weighted by atomic mass is 16.5. The van der Waals surface area contributed by atoms with Crippen molar-refractivity contribution in [3.05, 3.63) is 0 Å². The SMILES string of the molecule is CC1CCC(CCC(=O)N2CCC([C@@H]3OCCC3C(=O)O)CC2)O1. The molecule has 0 aromatic heterocycles. The van der Waals surface area contributed by atoms with Crippen LogP contribution in [0.15, 0.2) is 0 Å². The van der Waals surface area contributed by atoms with Crippen LogP contribution in [0.1, 0.15) is 51.9 Å². The van der Waals surface area contributed by atoms with Gasteiger partial charge in [0.05, 0.1) is 24.2 Å². The second-order valence-corrected chi connectivity index (χ2v) is 7.47. The van der Waals surface area contributed by atoms with Crippen molar-refractivity contribution in [3.8, 4) is 0 Å². The Balaban J connectivity index is 1.41. The Hall–Kier alpha value is -1.14. The zero-order chi connectivity index (χ0) is 17.1. The normalized spacial score (nSPS) is 34.6. The Bertz CT molecular complexity index is 460. The minimum atomic E-state index is -0.748. The van der Waals surface area contributed by atoms with Gasteiger partial charge >= 0.3 is 5.97 Å². The second-order valence-electron chi connectivity index (χ2n) is 7.47. The van der Waals surface area contributed by atoms with Crippen LogP contribution in [0.3, 0.4) is 0 Å². The van der Waals surface area contributed by atoms with E-state index in [2.05, 4.69) is 6.92 Å². The average molecular weight is 339 g/mol. The molecule has 0 aromatic rings. The van der Waals surface area contributed by atoms with Gasteiger partial charge in [0, 0.05) is 26.1 Å². The number of carboxylic acid groups (broad SMARTS) is 1. The molecule has 6 nitrogen and oxygen atoms in total.